The second-order valence-corrected chi connectivity index (χ2v) is 7.36. The maximum atomic E-state index is 12.2. The summed E-state index contributed by atoms with van der Waals surface area (Å²) in [6.45, 7) is 1.89. The summed E-state index contributed by atoms with van der Waals surface area (Å²) in [4.78, 5) is 12.2. The number of hydrogen-bond acceptors (Lipinski definition) is 3. The number of Topliss-reactive ketones (excluding diaryl/α,β-unsaturated/α-hetero) is 1. The average molecular weight is 323 g/mol. The van der Waals surface area contributed by atoms with E-state index in [0.717, 1.165) is 5.56 Å². The zero-order valence-corrected chi connectivity index (χ0v) is 13.1. The minimum absolute atomic E-state index is 0.0438. The molecule has 0 spiro atoms. The zero-order valence-electron chi connectivity index (χ0n) is 11.5. The Hall–Kier alpha value is -1.65. The van der Waals surface area contributed by atoms with Crippen LogP contribution in [0.3, 0.4) is 0 Å². The largest absolute Gasteiger partial charge is 0.294 e. The second-order valence-electron chi connectivity index (χ2n) is 4.81. The van der Waals surface area contributed by atoms with Gasteiger partial charge in [0.2, 0.25) is 0 Å². The molecule has 2 aromatic rings. The van der Waals surface area contributed by atoms with Crippen molar-refractivity contribution >= 4 is 27.2 Å². The van der Waals surface area contributed by atoms with Crippen molar-refractivity contribution in [1.29, 1.82) is 0 Å². The monoisotopic (exact) mass is 322 g/mol. The minimum atomic E-state index is -3.44. The fourth-order valence-electron chi connectivity index (χ4n) is 1.87. The van der Waals surface area contributed by atoms with E-state index in [1.807, 2.05) is 6.92 Å². The fraction of sp³-hybridized carbons (Fsp3) is 0.188. The highest BCUT2D eigenvalue weighted by molar-refractivity contribution is 7.91. The average Bonchev–Trinajstić information content (AvgIpc) is 2.46. The zero-order chi connectivity index (χ0) is 15.5. The van der Waals surface area contributed by atoms with Crippen LogP contribution in [-0.4, -0.2) is 20.0 Å². The summed E-state index contributed by atoms with van der Waals surface area (Å²) >= 11 is 5.75. The Balaban J connectivity index is 2.06. The molecule has 0 aromatic heterocycles. The molecule has 0 amide bonds. The Kier molecular flexibility index (Phi) is 4.80. The fourth-order valence-corrected chi connectivity index (χ4v) is 3.24. The number of carbonyl (C=O) groups is 1. The molecule has 0 heterocycles. The first-order valence-corrected chi connectivity index (χ1v) is 8.50. The maximum Gasteiger partial charge on any atom is 0.178 e. The lowest BCUT2D eigenvalue weighted by atomic mass is 10.1. The van der Waals surface area contributed by atoms with E-state index in [-0.39, 0.29) is 22.9 Å². The van der Waals surface area contributed by atoms with Crippen molar-refractivity contribution in [2.24, 2.45) is 0 Å². The Morgan fingerprint density at radius 2 is 1.57 bits per heavy atom. The van der Waals surface area contributed by atoms with Crippen LogP contribution in [0.2, 0.25) is 5.02 Å². The van der Waals surface area contributed by atoms with Gasteiger partial charge in [0.05, 0.1) is 10.6 Å². The molecule has 3 nitrogen and oxygen atoms in total. The van der Waals surface area contributed by atoms with Crippen LogP contribution in [0.15, 0.2) is 53.4 Å². The SMILES string of the molecule is Cc1ccc(S(=O)(=O)CCC(=O)c2ccc(Cl)cc2)cc1. The van der Waals surface area contributed by atoms with Gasteiger partial charge in [0.15, 0.2) is 15.6 Å². The van der Waals surface area contributed by atoms with E-state index in [1.54, 1.807) is 48.5 Å². The Morgan fingerprint density at radius 3 is 2.14 bits per heavy atom. The number of carbonyl (C=O) groups excluding carboxylic acids is 1. The molecule has 0 fully saturated rings. The predicted molar refractivity (Wildman–Crippen MR) is 83.6 cm³/mol. The van der Waals surface area contributed by atoms with E-state index in [2.05, 4.69) is 0 Å². The van der Waals surface area contributed by atoms with Gasteiger partial charge in [0, 0.05) is 17.0 Å². The van der Waals surface area contributed by atoms with Gasteiger partial charge in [-0.3, -0.25) is 4.79 Å². The number of aryl methyl sites for hydroxylation is 1. The molecule has 0 bridgehead atoms. The van der Waals surface area contributed by atoms with Crippen LogP contribution in [-0.2, 0) is 9.84 Å². The molecule has 2 aromatic carbocycles. The van der Waals surface area contributed by atoms with Crippen LogP contribution in [0.4, 0.5) is 0 Å². The highest BCUT2D eigenvalue weighted by atomic mass is 35.5. The van der Waals surface area contributed by atoms with E-state index in [0.29, 0.717) is 10.6 Å². The van der Waals surface area contributed by atoms with E-state index >= 15 is 0 Å². The topological polar surface area (TPSA) is 51.2 Å². The Labute approximate surface area is 129 Å². The maximum absolute atomic E-state index is 12.2. The molecular formula is C16H15ClO3S. The van der Waals surface area contributed by atoms with E-state index in [9.17, 15) is 13.2 Å². The van der Waals surface area contributed by atoms with Gasteiger partial charge in [-0.15, -0.1) is 0 Å². The molecule has 0 saturated heterocycles. The Bertz CT molecular complexity index is 732. The lowest BCUT2D eigenvalue weighted by molar-refractivity contribution is 0.0989. The first kappa shape index (κ1) is 15.7. The molecule has 5 heteroatoms. The molecule has 0 aliphatic heterocycles. The van der Waals surface area contributed by atoms with Gasteiger partial charge in [-0.2, -0.15) is 0 Å². The molecule has 2 rings (SSSR count). The summed E-state index contributed by atoms with van der Waals surface area (Å²) in [5.74, 6) is -0.403. The molecule has 21 heavy (non-hydrogen) atoms. The van der Waals surface area contributed by atoms with E-state index in [1.165, 1.54) is 0 Å². The number of rotatable bonds is 5. The van der Waals surface area contributed by atoms with Gasteiger partial charge in [0.25, 0.3) is 0 Å². The molecule has 0 N–H and O–H groups in total. The minimum Gasteiger partial charge on any atom is -0.294 e. The summed E-state index contributed by atoms with van der Waals surface area (Å²) in [6.07, 6.45) is -0.0438. The van der Waals surface area contributed by atoms with Crippen LogP contribution >= 0.6 is 11.6 Å². The van der Waals surface area contributed by atoms with Crippen molar-refractivity contribution in [3.05, 3.63) is 64.7 Å². The smallest absolute Gasteiger partial charge is 0.178 e. The summed E-state index contributed by atoms with van der Waals surface area (Å²) in [5.41, 5.74) is 1.46. The van der Waals surface area contributed by atoms with E-state index < -0.39 is 9.84 Å². The lowest BCUT2D eigenvalue weighted by Crippen LogP contribution is -2.11. The number of benzene rings is 2. The quantitative estimate of drug-likeness (QED) is 0.789. The molecule has 0 aliphatic rings. The second kappa shape index (κ2) is 6.41. The molecular weight excluding hydrogens is 308 g/mol. The molecule has 0 atom stereocenters. The summed E-state index contributed by atoms with van der Waals surface area (Å²) < 4.78 is 24.3. The first-order valence-electron chi connectivity index (χ1n) is 6.47. The normalized spacial score (nSPS) is 11.3. The van der Waals surface area contributed by atoms with Crippen molar-refractivity contribution in [2.75, 3.05) is 5.75 Å². The number of sulfone groups is 1. The van der Waals surface area contributed by atoms with Crippen molar-refractivity contribution in [2.45, 2.75) is 18.2 Å². The number of ketones is 1. The van der Waals surface area contributed by atoms with Crippen molar-refractivity contribution in [3.63, 3.8) is 0 Å². The van der Waals surface area contributed by atoms with Crippen LogP contribution in [0.1, 0.15) is 22.3 Å². The molecule has 0 radical (unpaired) electrons. The summed E-state index contributed by atoms with van der Waals surface area (Å²) in [7, 11) is -3.44. The highest BCUT2D eigenvalue weighted by Gasteiger charge is 2.17. The molecule has 110 valence electrons. The lowest BCUT2D eigenvalue weighted by Gasteiger charge is -2.05. The molecule has 0 unspecified atom stereocenters. The number of halogens is 1. The third kappa shape index (κ3) is 4.16. The predicted octanol–water partition coefficient (Wildman–Crippen LogP) is 3.70. The van der Waals surface area contributed by atoms with Gasteiger partial charge >= 0.3 is 0 Å². The molecule has 0 saturated carbocycles. The van der Waals surface area contributed by atoms with Gasteiger partial charge in [-0.25, -0.2) is 8.42 Å². The Morgan fingerprint density at radius 1 is 1.00 bits per heavy atom. The van der Waals surface area contributed by atoms with Crippen LogP contribution < -0.4 is 0 Å². The highest BCUT2D eigenvalue weighted by Crippen LogP contribution is 2.15. The third-order valence-corrected chi connectivity index (χ3v) is 5.13. The number of hydrogen-bond donors (Lipinski definition) is 0. The van der Waals surface area contributed by atoms with Crippen LogP contribution in [0.5, 0.6) is 0 Å². The van der Waals surface area contributed by atoms with Crippen molar-refractivity contribution in [3.8, 4) is 0 Å². The van der Waals surface area contributed by atoms with Gasteiger partial charge < -0.3 is 0 Å². The van der Waals surface area contributed by atoms with E-state index in [4.69, 9.17) is 11.6 Å². The van der Waals surface area contributed by atoms with Gasteiger partial charge in [-0.1, -0.05) is 29.3 Å². The van der Waals surface area contributed by atoms with Gasteiger partial charge in [0.1, 0.15) is 0 Å². The van der Waals surface area contributed by atoms with Crippen molar-refractivity contribution in [1.82, 2.24) is 0 Å². The van der Waals surface area contributed by atoms with Crippen molar-refractivity contribution < 1.29 is 13.2 Å². The molecule has 0 aliphatic carbocycles. The van der Waals surface area contributed by atoms with Crippen LogP contribution in [0.25, 0.3) is 0 Å². The standard InChI is InChI=1S/C16H15ClO3S/c1-12-2-8-15(9-3-12)21(19,20)11-10-16(18)13-4-6-14(17)7-5-13/h2-9H,10-11H2,1H3. The first-order chi connectivity index (χ1) is 9.88. The van der Waals surface area contributed by atoms with Gasteiger partial charge in [-0.05, 0) is 43.3 Å². The van der Waals surface area contributed by atoms with Crippen LogP contribution in [0, 0.1) is 6.92 Å². The summed E-state index contributed by atoms with van der Waals surface area (Å²) in [6, 6.07) is 13.1. The third-order valence-electron chi connectivity index (χ3n) is 3.14. The summed E-state index contributed by atoms with van der Waals surface area (Å²) in [5, 5.41) is 0.541.